The highest BCUT2D eigenvalue weighted by molar-refractivity contribution is 6.04. The molecule has 1 aromatic rings. The Bertz CT molecular complexity index is 625. The number of amides is 2. The van der Waals surface area contributed by atoms with Crippen LogP contribution in [0.4, 0.5) is 5.69 Å². The van der Waals surface area contributed by atoms with Gasteiger partial charge in [0.15, 0.2) is 5.78 Å². The number of nitrogens with one attached hydrogen (secondary N) is 2. The predicted molar refractivity (Wildman–Crippen MR) is 96.6 cm³/mol. The summed E-state index contributed by atoms with van der Waals surface area (Å²) in [7, 11) is 0. The zero-order chi connectivity index (χ0) is 18.2. The van der Waals surface area contributed by atoms with Gasteiger partial charge in [0.2, 0.25) is 11.8 Å². The molecule has 7 heteroatoms. The molecule has 136 valence electrons. The molecular formula is C18H26N4O3. The van der Waals surface area contributed by atoms with Gasteiger partial charge < -0.3 is 10.6 Å². The maximum Gasteiger partial charge on any atom is 0.238 e. The molecule has 1 aliphatic heterocycles. The molecule has 0 radical (unpaired) electrons. The maximum atomic E-state index is 12.3. The van der Waals surface area contributed by atoms with E-state index in [4.69, 9.17) is 0 Å². The van der Waals surface area contributed by atoms with Crippen molar-refractivity contribution in [1.29, 1.82) is 0 Å². The van der Waals surface area contributed by atoms with Crippen LogP contribution >= 0.6 is 0 Å². The van der Waals surface area contributed by atoms with E-state index in [0.717, 1.165) is 26.2 Å². The van der Waals surface area contributed by atoms with Crippen LogP contribution in [0.25, 0.3) is 0 Å². The summed E-state index contributed by atoms with van der Waals surface area (Å²) in [6.45, 7) is 7.70. The second-order valence-corrected chi connectivity index (χ2v) is 6.16. The number of Topliss-reactive ketones (excluding diaryl/α,β-unsaturated/α-hetero) is 1. The number of anilines is 1. The molecule has 1 heterocycles. The number of para-hydroxylation sites is 1. The van der Waals surface area contributed by atoms with Gasteiger partial charge >= 0.3 is 0 Å². The van der Waals surface area contributed by atoms with Crippen molar-refractivity contribution in [1.82, 2.24) is 15.1 Å². The van der Waals surface area contributed by atoms with E-state index in [1.54, 1.807) is 24.3 Å². The van der Waals surface area contributed by atoms with Gasteiger partial charge in [-0.15, -0.1) is 0 Å². The molecule has 2 N–H and O–H groups in total. The number of carbonyl (C=O) groups is 3. The Morgan fingerprint density at radius 3 is 2.08 bits per heavy atom. The summed E-state index contributed by atoms with van der Waals surface area (Å²) in [5.74, 6) is -0.171. The van der Waals surface area contributed by atoms with Gasteiger partial charge in [-0.05, 0) is 26.0 Å². The average molecular weight is 346 g/mol. The van der Waals surface area contributed by atoms with E-state index in [1.165, 1.54) is 6.92 Å². The van der Waals surface area contributed by atoms with Crippen LogP contribution in [0.15, 0.2) is 24.3 Å². The predicted octanol–water partition coefficient (Wildman–Crippen LogP) is 0.581. The normalized spacial score (nSPS) is 15.6. The Balaban J connectivity index is 1.79. The molecule has 0 saturated carbocycles. The summed E-state index contributed by atoms with van der Waals surface area (Å²) in [6.07, 6.45) is 0. The lowest BCUT2D eigenvalue weighted by Crippen LogP contribution is -2.51. The fourth-order valence-corrected chi connectivity index (χ4v) is 2.85. The molecule has 7 nitrogen and oxygen atoms in total. The van der Waals surface area contributed by atoms with Crippen LogP contribution in [-0.2, 0) is 9.59 Å². The van der Waals surface area contributed by atoms with E-state index in [-0.39, 0.29) is 24.1 Å². The first-order chi connectivity index (χ1) is 12.0. The molecule has 0 unspecified atom stereocenters. The lowest BCUT2D eigenvalue weighted by molar-refractivity contribution is -0.123. The second-order valence-electron chi connectivity index (χ2n) is 6.16. The SMILES string of the molecule is CCNC(=O)CN1CCN(CC(=O)Nc2ccccc2C(C)=O)CC1. The van der Waals surface area contributed by atoms with Gasteiger partial charge in [0, 0.05) is 38.3 Å². The van der Waals surface area contributed by atoms with Crippen molar-refractivity contribution in [2.24, 2.45) is 0 Å². The van der Waals surface area contributed by atoms with Crippen molar-refractivity contribution >= 4 is 23.3 Å². The molecule has 0 spiro atoms. The number of benzene rings is 1. The average Bonchev–Trinajstić information content (AvgIpc) is 2.57. The molecule has 2 rings (SSSR count). The largest absolute Gasteiger partial charge is 0.355 e. The number of hydrogen-bond acceptors (Lipinski definition) is 5. The van der Waals surface area contributed by atoms with Gasteiger partial charge in [-0.1, -0.05) is 12.1 Å². The number of carbonyl (C=O) groups excluding carboxylic acids is 3. The topological polar surface area (TPSA) is 81.8 Å². The lowest BCUT2D eigenvalue weighted by atomic mass is 10.1. The van der Waals surface area contributed by atoms with Crippen LogP contribution in [0.2, 0.25) is 0 Å². The summed E-state index contributed by atoms with van der Waals surface area (Å²) < 4.78 is 0. The van der Waals surface area contributed by atoms with Crippen molar-refractivity contribution in [2.45, 2.75) is 13.8 Å². The quantitative estimate of drug-likeness (QED) is 0.706. The Kier molecular flexibility index (Phi) is 7.09. The van der Waals surface area contributed by atoms with Crippen LogP contribution in [0, 0.1) is 0 Å². The van der Waals surface area contributed by atoms with Gasteiger partial charge in [0.25, 0.3) is 0 Å². The Morgan fingerprint density at radius 1 is 0.960 bits per heavy atom. The molecule has 0 atom stereocenters. The first-order valence-electron chi connectivity index (χ1n) is 8.60. The summed E-state index contributed by atoms with van der Waals surface area (Å²) in [5, 5.41) is 5.61. The van der Waals surface area contributed by atoms with Gasteiger partial charge in [-0.2, -0.15) is 0 Å². The molecule has 0 aromatic heterocycles. The van der Waals surface area contributed by atoms with E-state index < -0.39 is 0 Å². The Morgan fingerprint density at radius 2 is 1.52 bits per heavy atom. The summed E-state index contributed by atoms with van der Waals surface area (Å²) in [5.41, 5.74) is 1.07. The Hall–Kier alpha value is -2.25. The van der Waals surface area contributed by atoms with Crippen molar-refractivity contribution in [3.8, 4) is 0 Å². The summed E-state index contributed by atoms with van der Waals surface area (Å²) >= 11 is 0. The minimum Gasteiger partial charge on any atom is -0.355 e. The van der Waals surface area contributed by atoms with Crippen molar-refractivity contribution < 1.29 is 14.4 Å². The third kappa shape index (κ3) is 5.95. The number of ketones is 1. The standard InChI is InChI=1S/C18H26N4O3/c1-3-19-17(24)12-21-8-10-22(11-9-21)13-18(25)20-16-7-5-4-6-15(16)14(2)23/h4-7H,3,8-13H2,1-2H3,(H,19,24)(H,20,25). The van der Waals surface area contributed by atoms with Gasteiger partial charge in [0.05, 0.1) is 18.8 Å². The molecule has 0 bridgehead atoms. The third-order valence-corrected chi connectivity index (χ3v) is 4.15. The van der Waals surface area contributed by atoms with E-state index in [0.29, 0.717) is 24.3 Å². The van der Waals surface area contributed by atoms with Crippen LogP contribution in [0.3, 0.4) is 0 Å². The molecule has 0 aliphatic carbocycles. The van der Waals surface area contributed by atoms with Crippen molar-refractivity contribution in [3.05, 3.63) is 29.8 Å². The molecule has 1 aliphatic rings. The fourth-order valence-electron chi connectivity index (χ4n) is 2.85. The van der Waals surface area contributed by atoms with Crippen molar-refractivity contribution in [3.63, 3.8) is 0 Å². The van der Waals surface area contributed by atoms with E-state index in [9.17, 15) is 14.4 Å². The first-order valence-corrected chi connectivity index (χ1v) is 8.60. The monoisotopic (exact) mass is 346 g/mol. The third-order valence-electron chi connectivity index (χ3n) is 4.15. The lowest BCUT2D eigenvalue weighted by Gasteiger charge is -2.33. The number of likely N-dealkylation sites (N-methyl/N-ethyl adjacent to an activating group) is 1. The van der Waals surface area contributed by atoms with Crippen LogP contribution in [-0.4, -0.2) is 73.2 Å². The smallest absolute Gasteiger partial charge is 0.238 e. The Labute approximate surface area is 148 Å². The number of nitrogens with zero attached hydrogens (tertiary/aromatic N) is 2. The highest BCUT2D eigenvalue weighted by Gasteiger charge is 2.20. The van der Waals surface area contributed by atoms with Crippen LogP contribution in [0.5, 0.6) is 0 Å². The summed E-state index contributed by atoms with van der Waals surface area (Å²) in [4.78, 5) is 39.6. The van der Waals surface area contributed by atoms with E-state index in [1.807, 2.05) is 6.92 Å². The molecule has 1 aromatic carbocycles. The van der Waals surface area contributed by atoms with Gasteiger partial charge in [-0.25, -0.2) is 0 Å². The van der Waals surface area contributed by atoms with Gasteiger partial charge in [0.1, 0.15) is 0 Å². The minimum absolute atomic E-state index is 0.0366. The minimum atomic E-state index is -0.133. The highest BCUT2D eigenvalue weighted by atomic mass is 16.2. The number of piperazine rings is 1. The number of rotatable bonds is 7. The van der Waals surface area contributed by atoms with E-state index >= 15 is 0 Å². The van der Waals surface area contributed by atoms with Crippen molar-refractivity contribution in [2.75, 3.05) is 51.1 Å². The first kappa shape index (κ1) is 19.1. The highest BCUT2D eigenvalue weighted by Crippen LogP contribution is 2.15. The van der Waals surface area contributed by atoms with E-state index in [2.05, 4.69) is 20.4 Å². The number of hydrogen-bond donors (Lipinski definition) is 2. The maximum absolute atomic E-state index is 12.3. The second kappa shape index (κ2) is 9.29. The molecular weight excluding hydrogens is 320 g/mol. The fraction of sp³-hybridized carbons (Fsp3) is 0.500. The molecule has 25 heavy (non-hydrogen) atoms. The summed E-state index contributed by atoms with van der Waals surface area (Å²) in [6, 6.07) is 7.01. The van der Waals surface area contributed by atoms with Gasteiger partial charge in [-0.3, -0.25) is 24.2 Å². The molecule has 2 amide bonds. The van der Waals surface area contributed by atoms with Crippen LogP contribution < -0.4 is 10.6 Å². The zero-order valence-electron chi connectivity index (χ0n) is 14.9. The molecule has 1 fully saturated rings. The molecule has 1 saturated heterocycles. The zero-order valence-corrected chi connectivity index (χ0v) is 14.9. The van der Waals surface area contributed by atoms with Crippen LogP contribution in [0.1, 0.15) is 24.2 Å².